The zero-order chi connectivity index (χ0) is 25.0. The number of carbonyl (C=O) groups excluding carboxylic acids is 2. The Balaban J connectivity index is 1.79. The van der Waals surface area contributed by atoms with Crippen LogP contribution in [0, 0.1) is 5.41 Å². The second kappa shape index (κ2) is 9.83. The molecule has 0 radical (unpaired) electrons. The van der Waals surface area contributed by atoms with Crippen molar-refractivity contribution >= 4 is 46.2 Å². The van der Waals surface area contributed by atoms with E-state index in [1.807, 2.05) is 0 Å². The van der Waals surface area contributed by atoms with Gasteiger partial charge in [0.1, 0.15) is 5.84 Å². The van der Waals surface area contributed by atoms with Crippen LogP contribution >= 0.6 is 11.3 Å². The van der Waals surface area contributed by atoms with Crippen LogP contribution in [0.15, 0.2) is 53.9 Å². The summed E-state index contributed by atoms with van der Waals surface area (Å²) in [5.74, 6) is -1.66. The molecule has 0 aliphatic heterocycles. The molecule has 12 heteroatoms. The number of carbonyl (C=O) groups is 2. The van der Waals surface area contributed by atoms with Crippen molar-refractivity contribution in [1.82, 2.24) is 0 Å². The van der Waals surface area contributed by atoms with Gasteiger partial charge in [-0.2, -0.15) is 13.2 Å². The summed E-state index contributed by atoms with van der Waals surface area (Å²) in [4.78, 5) is 23.8. The first-order valence-corrected chi connectivity index (χ1v) is 10.6. The maximum absolute atomic E-state index is 13.0. The van der Waals surface area contributed by atoms with Crippen molar-refractivity contribution in [3.63, 3.8) is 0 Å². The lowest BCUT2D eigenvalue weighted by atomic mass is 10.0. The molecule has 2 amide bonds. The van der Waals surface area contributed by atoms with Gasteiger partial charge in [-0.05, 0) is 48.9 Å². The highest BCUT2D eigenvalue weighted by atomic mass is 32.1. The predicted molar refractivity (Wildman–Crippen MR) is 122 cm³/mol. The molecular formula is C22H19F3N5O3S-. The van der Waals surface area contributed by atoms with Crippen LogP contribution < -0.4 is 26.8 Å². The molecule has 34 heavy (non-hydrogen) atoms. The molecule has 1 aromatic heterocycles. The summed E-state index contributed by atoms with van der Waals surface area (Å²) in [5.41, 5.74) is 5.83. The lowest BCUT2D eigenvalue weighted by molar-refractivity contribution is -0.254. The molecule has 1 atom stereocenters. The Morgan fingerprint density at radius 1 is 1.12 bits per heavy atom. The second-order valence-corrected chi connectivity index (χ2v) is 8.08. The van der Waals surface area contributed by atoms with Gasteiger partial charge in [-0.1, -0.05) is 12.1 Å². The highest BCUT2D eigenvalue weighted by molar-refractivity contribution is 7.13. The van der Waals surface area contributed by atoms with Gasteiger partial charge in [0.2, 0.25) is 0 Å². The molecule has 3 aromatic rings. The van der Waals surface area contributed by atoms with Gasteiger partial charge in [0.15, 0.2) is 0 Å². The first kappa shape index (κ1) is 24.6. The molecule has 0 aliphatic carbocycles. The van der Waals surface area contributed by atoms with Crippen molar-refractivity contribution in [3.05, 3.63) is 75.5 Å². The number of hydrogen-bond donors (Lipinski definition) is 5. The third kappa shape index (κ3) is 5.84. The summed E-state index contributed by atoms with van der Waals surface area (Å²) in [5, 5.41) is 28.3. The van der Waals surface area contributed by atoms with Crippen LogP contribution in [0.5, 0.6) is 0 Å². The number of thiophene rings is 1. The molecule has 1 unspecified atom stereocenters. The van der Waals surface area contributed by atoms with Crippen LogP contribution in [-0.2, 0) is 6.18 Å². The van der Waals surface area contributed by atoms with Gasteiger partial charge in [-0.25, -0.2) is 4.79 Å². The summed E-state index contributed by atoms with van der Waals surface area (Å²) in [6.07, 6.45) is -4.51. The summed E-state index contributed by atoms with van der Waals surface area (Å²) < 4.78 is 39.1. The van der Waals surface area contributed by atoms with E-state index in [4.69, 9.17) is 11.1 Å². The number of amides is 2. The summed E-state index contributed by atoms with van der Waals surface area (Å²) in [6.45, 7) is 1.60. The lowest BCUT2D eigenvalue weighted by Gasteiger charge is -2.19. The topological polar surface area (TPSA) is 143 Å². The number of carboxylic acid groups (broad SMARTS) is 1. The predicted octanol–water partition coefficient (Wildman–Crippen LogP) is 4.23. The standard InChI is InChI=1S/C22H20F3N5O3S/c1-11(13-3-2-4-14(9-13)22(23,24)25)28-16-10-34-18(20(31)32)17(16)30-21(33)29-15-7-5-12(6-8-15)19(26)27/h2-11,28H,1H3,(H3,26,27)(H,31,32)(H2,29,30,33)/p-1. The Morgan fingerprint density at radius 2 is 1.79 bits per heavy atom. The van der Waals surface area contributed by atoms with Crippen LogP contribution in [0.2, 0.25) is 0 Å². The number of urea groups is 1. The van der Waals surface area contributed by atoms with Gasteiger partial charge in [0.05, 0.1) is 27.8 Å². The maximum Gasteiger partial charge on any atom is 0.416 e. The van der Waals surface area contributed by atoms with Crippen LogP contribution in [0.1, 0.15) is 39.3 Å². The number of alkyl halides is 3. The molecule has 0 fully saturated rings. The van der Waals surface area contributed by atoms with E-state index in [2.05, 4.69) is 16.0 Å². The van der Waals surface area contributed by atoms with Crippen LogP contribution in [0.25, 0.3) is 0 Å². The Bertz CT molecular complexity index is 1230. The highest BCUT2D eigenvalue weighted by Crippen LogP contribution is 2.36. The van der Waals surface area contributed by atoms with Crippen molar-refractivity contribution in [2.75, 3.05) is 16.0 Å². The molecule has 2 aromatic carbocycles. The first-order chi connectivity index (χ1) is 16.0. The van der Waals surface area contributed by atoms with E-state index in [0.29, 0.717) is 16.8 Å². The van der Waals surface area contributed by atoms with E-state index in [1.165, 1.54) is 41.8 Å². The summed E-state index contributed by atoms with van der Waals surface area (Å²) in [6, 6.07) is 9.41. The van der Waals surface area contributed by atoms with Gasteiger partial charge < -0.3 is 31.6 Å². The minimum atomic E-state index is -4.51. The molecule has 1 heterocycles. The Kier molecular flexibility index (Phi) is 7.11. The Hall–Kier alpha value is -4.06. The molecule has 6 N–H and O–H groups in total. The normalized spacial score (nSPS) is 12.0. The Labute approximate surface area is 196 Å². The number of aromatic carboxylic acids is 1. The van der Waals surface area contributed by atoms with E-state index < -0.39 is 29.8 Å². The summed E-state index contributed by atoms with van der Waals surface area (Å²) in [7, 11) is 0. The molecular weight excluding hydrogens is 471 g/mol. The number of hydrogen-bond acceptors (Lipinski definition) is 6. The molecule has 178 valence electrons. The van der Waals surface area contributed by atoms with E-state index in [1.54, 1.807) is 6.92 Å². The fraction of sp³-hybridized carbons (Fsp3) is 0.136. The van der Waals surface area contributed by atoms with Gasteiger partial charge in [0.25, 0.3) is 0 Å². The van der Waals surface area contributed by atoms with E-state index >= 15 is 0 Å². The Morgan fingerprint density at radius 3 is 2.38 bits per heavy atom. The average molecular weight is 490 g/mol. The number of rotatable bonds is 7. The number of nitrogens with one attached hydrogen (secondary N) is 4. The van der Waals surface area contributed by atoms with E-state index in [0.717, 1.165) is 23.5 Å². The van der Waals surface area contributed by atoms with Crippen molar-refractivity contribution in [1.29, 1.82) is 5.41 Å². The number of carboxylic acids is 1. The second-order valence-electron chi connectivity index (χ2n) is 7.20. The fourth-order valence-electron chi connectivity index (χ4n) is 3.05. The van der Waals surface area contributed by atoms with Crippen molar-refractivity contribution in [3.8, 4) is 0 Å². The van der Waals surface area contributed by atoms with Crippen molar-refractivity contribution in [2.45, 2.75) is 19.1 Å². The molecule has 3 rings (SSSR count). The zero-order valence-electron chi connectivity index (χ0n) is 17.6. The minimum absolute atomic E-state index is 0.0818. The third-order valence-electron chi connectivity index (χ3n) is 4.75. The zero-order valence-corrected chi connectivity index (χ0v) is 18.4. The third-order valence-corrected chi connectivity index (χ3v) is 5.71. The molecule has 0 spiro atoms. The van der Waals surface area contributed by atoms with E-state index in [-0.39, 0.29) is 22.1 Å². The molecule has 0 saturated heterocycles. The number of amidine groups is 1. The van der Waals surface area contributed by atoms with Gasteiger partial charge in [-0.3, -0.25) is 5.41 Å². The minimum Gasteiger partial charge on any atom is -0.544 e. The average Bonchev–Trinajstić information content (AvgIpc) is 3.15. The number of anilines is 3. The van der Waals surface area contributed by atoms with E-state index in [9.17, 15) is 27.9 Å². The maximum atomic E-state index is 13.0. The highest BCUT2D eigenvalue weighted by Gasteiger charge is 2.30. The van der Waals surface area contributed by atoms with Gasteiger partial charge in [0, 0.05) is 22.7 Å². The lowest BCUT2D eigenvalue weighted by Crippen LogP contribution is -2.25. The number of halogens is 3. The van der Waals surface area contributed by atoms with Crippen molar-refractivity contribution in [2.24, 2.45) is 5.73 Å². The summed E-state index contributed by atoms with van der Waals surface area (Å²) >= 11 is 0.798. The fourth-order valence-corrected chi connectivity index (χ4v) is 3.85. The monoisotopic (exact) mass is 490 g/mol. The van der Waals surface area contributed by atoms with Crippen LogP contribution in [-0.4, -0.2) is 17.8 Å². The molecule has 0 aliphatic rings. The molecule has 8 nitrogen and oxygen atoms in total. The molecule has 0 saturated carbocycles. The first-order valence-electron chi connectivity index (χ1n) is 9.74. The quantitative estimate of drug-likeness (QED) is 0.249. The smallest absolute Gasteiger partial charge is 0.416 e. The van der Waals surface area contributed by atoms with Gasteiger partial charge >= 0.3 is 12.2 Å². The van der Waals surface area contributed by atoms with Gasteiger partial charge in [-0.15, -0.1) is 11.3 Å². The number of nitrogens with two attached hydrogens (primary N) is 1. The van der Waals surface area contributed by atoms with Crippen LogP contribution in [0.4, 0.5) is 35.0 Å². The largest absolute Gasteiger partial charge is 0.544 e. The molecule has 0 bridgehead atoms. The van der Waals surface area contributed by atoms with Crippen LogP contribution in [0.3, 0.4) is 0 Å². The SMILES string of the molecule is CC(Nc1csc(C(=O)[O-])c1NC(=O)Nc1ccc(C(=N)N)cc1)c1cccc(C(F)(F)F)c1. The van der Waals surface area contributed by atoms with Crippen molar-refractivity contribution < 1.29 is 27.9 Å². The number of nitrogen functional groups attached to an aromatic ring is 1. The number of benzene rings is 2.